The Morgan fingerprint density at radius 1 is 1.11 bits per heavy atom. The first-order valence-corrected chi connectivity index (χ1v) is 13.4. The van der Waals surface area contributed by atoms with Gasteiger partial charge in [0.25, 0.3) is 0 Å². The number of hydrogen-bond donors (Lipinski definition) is 0. The topological polar surface area (TPSA) is 85.2 Å². The summed E-state index contributed by atoms with van der Waals surface area (Å²) < 4.78 is 54.2. The molecule has 0 aliphatic rings. The largest absolute Gasteiger partial charge is 0.286 e. The van der Waals surface area contributed by atoms with Gasteiger partial charge < -0.3 is 0 Å². The van der Waals surface area contributed by atoms with Crippen molar-refractivity contribution in [3.63, 3.8) is 0 Å². The number of benzene rings is 2. The zero-order chi connectivity index (χ0) is 25.3. The van der Waals surface area contributed by atoms with Crippen molar-refractivity contribution in [2.24, 2.45) is 0 Å². The third kappa shape index (κ3) is 5.40. The maximum atomic E-state index is 14.3. The Morgan fingerprint density at radius 3 is 2.46 bits per heavy atom. The average molecular weight is 519 g/mol. The van der Waals surface area contributed by atoms with Gasteiger partial charge in [0, 0.05) is 18.3 Å². The van der Waals surface area contributed by atoms with Gasteiger partial charge in [0.1, 0.15) is 11.3 Å². The van der Waals surface area contributed by atoms with Crippen LogP contribution in [0.25, 0.3) is 10.2 Å². The predicted molar refractivity (Wildman–Crippen MR) is 131 cm³/mol. The summed E-state index contributed by atoms with van der Waals surface area (Å²) in [5.74, 6) is -1.83. The van der Waals surface area contributed by atoms with Crippen molar-refractivity contribution in [1.82, 2.24) is 14.8 Å². The second-order valence-electron chi connectivity index (χ2n) is 8.15. The van der Waals surface area contributed by atoms with Crippen LogP contribution >= 0.6 is 11.3 Å². The fourth-order valence-electron chi connectivity index (χ4n) is 3.74. The second-order valence-corrected chi connectivity index (χ2v) is 11.4. The van der Waals surface area contributed by atoms with Crippen LogP contribution in [-0.2, 0) is 27.6 Å². The molecule has 0 aliphatic carbocycles. The highest BCUT2D eigenvalue weighted by Crippen LogP contribution is 2.31. The third-order valence-corrected chi connectivity index (χ3v) is 8.37. The van der Waals surface area contributed by atoms with Crippen LogP contribution in [0.4, 0.5) is 13.9 Å². The Bertz CT molecular complexity index is 1500. The van der Waals surface area contributed by atoms with Crippen molar-refractivity contribution in [1.29, 1.82) is 0 Å². The molecular weight excluding hydrogens is 494 g/mol. The predicted octanol–water partition coefficient (Wildman–Crippen LogP) is 4.46. The molecule has 0 saturated heterocycles. The number of aryl methyl sites for hydroxylation is 2. The van der Waals surface area contributed by atoms with E-state index in [2.05, 4.69) is 10.1 Å². The summed E-state index contributed by atoms with van der Waals surface area (Å²) >= 11 is 1.03. The van der Waals surface area contributed by atoms with E-state index in [9.17, 15) is 22.0 Å². The van der Waals surface area contributed by atoms with Gasteiger partial charge in [-0.25, -0.2) is 22.2 Å². The first-order valence-electron chi connectivity index (χ1n) is 11.0. The molecule has 1 amide bonds. The van der Waals surface area contributed by atoms with Crippen LogP contribution in [0, 0.1) is 25.5 Å². The molecule has 0 unspecified atom stereocenters. The van der Waals surface area contributed by atoms with Crippen LogP contribution in [0.5, 0.6) is 0 Å². The van der Waals surface area contributed by atoms with Crippen molar-refractivity contribution in [2.45, 2.75) is 38.6 Å². The third-order valence-electron chi connectivity index (χ3n) is 5.59. The lowest BCUT2D eigenvalue weighted by Gasteiger charge is -2.20. The Kier molecular flexibility index (Phi) is 7.00. The molecule has 0 N–H and O–H groups in total. The molecule has 0 spiro atoms. The molecule has 0 radical (unpaired) electrons. The fraction of sp³-hybridized carbons (Fsp3) is 0.292. The molecule has 184 valence electrons. The van der Waals surface area contributed by atoms with E-state index >= 15 is 0 Å². The Balaban J connectivity index is 1.63. The minimum absolute atomic E-state index is 0.00411. The van der Waals surface area contributed by atoms with Crippen molar-refractivity contribution >= 4 is 42.4 Å². The van der Waals surface area contributed by atoms with Crippen molar-refractivity contribution in [3.8, 4) is 0 Å². The summed E-state index contributed by atoms with van der Waals surface area (Å²) in [6.07, 6.45) is -0.0175. The lowest BCUT2D eigenvalue weighted by Crippen LogP contribution is -2.35. The number of anilines is 1. The van der Waals surface area contributed by atoms with Gasteiger partial charge in [-0.1, -0.05) is 30.4 Å². The van der Waals surface area contributed by atoms with Gasteiger partial charge in [-0.05, 0) is 43.7 Å². The number of nitrogens with zero attached hydrogens (tertiary/aromatic N) is 4. The summed E-state index contributed by atoms with van der Waals surface area (Å²) in [7, 11) is -3.35. The molecule has 4 rings (SSSR count). The van der Waals surface area contributed by atoms with E-state index in [4.69, 9.17) is 0 Å². The van der Waals surface area contributed by atoms with E-state index in [0.29, 0.717) is 16.8 Å². The molecule has 11 heteroatoms. The summed E-state index contributed by atoms with van der Waals surface area (Å²) in [4.78, 5) is 19.3. The maximum Gasteiger partial charge on any atom is 0.233 e. The van der Waals surface area contributed by atoms with Crippen molar-refractivity contribution < 1.29 is 22.0 Å². The van der Waals surface area contributed by atoms with E-state index in [0.717, 1.165) is 28.8 Å². The molecule has 2 heterocycles. The van der Waals surface area contributed by atoms with E-state index in [-0.39, 0.29) is 40.2 Å². The average Bonchev–Trinajstić information content (AvgIpc) is 3.36. The van der Waals surface area contributed by atoms with Crippen LogP contribution in [0.2, 0.25) is 0 Å². The molecule has 4 aromatic rings. The number of sulfone groups is 1. The number of thiazole rings is 1. The monoisotopic (exact) mass is 518 g/mol. The molecule has 0 atom stereocenters. The van der Waals surface area contributed by atoms with E-state index in [1.807, 2.05) is 19.9 Å². The molecule has 0 saturated carbocycles. The van der Waals surface area contributed by atoms with Gasteiger partial charge in [-0.3, -0.25) is 14.4 Å². The first-order chi connectivity index (χ1) is 16.6. The van der Waals surface area contributed by atoms with E-state index in [1.165, 1.54) is 23.1 Å². The van der Waals surface area contributed by atoms with Crippen LogP contribution < -0.4 is 4.90 Å². The Morgan fingerprint density at radius 2 is 1.83 bits per heavy atom. The van der Waals surface area contributed by atoms with Crippen molar-refractivity contribution in [2.75, 3.05) is 17.2 Å². The van der Waals surface area contributed by atoms with Crippen LogP contribution in [0.3, 0.4) is 0 Å². The SMILES string of the molecule is CCS(=O)(=O)c1ccc(CC(=O)N(CCn2nc(C)cc2C)c2nc3c(F)cc(F)cc3s2)cc1. The Labute approximate surface area is 205 Å². The first kappa shape index (κ1) is 24.9. The number of carbonyl (C=O) groups is 1. The smallest absolute Gasteiger partial charge is 0.233 e. The standard InChI is InChI=1S/C24H24F2N4O3S2/c1-4-35(32,33)19-7-5-17(6-8-19)12-22(31)29(9-10-30-16(3)11-15(2)28-30)24-27-23-20(26)13-18(25)14-21(23)34-24/h5-8,11,13-14H,4,9-10,12H2,1-3H3. The number of rotatable bonds is 8. The van der Waals surface area contributed by atoms with Gasteiger partial charge in [-0.15, -0.1) is 0 Å². The molecule has 35 heavy (non-hydrogen) atoms. The fourth-order valence-corrected chi connectivity index (χ4v) is 5.67. The van der Waals surface area contributed by atoms with Crippen LogP contribution in [0.15, 0.2) is 47.4 Å². The molecule has 2 aromatic carbocycles. The number of fused-ring (bicyclic) bond motifs is 1. The molecule has 7 nitrogen and oxygen atoms in total. The number of halogens is 2. The van der Waals surface area contributed by atoms with E-state index < -0.39 is 21.5 Å². The van der Waals surface area contributed by atoms with Gasteiger partial charge in [0.15, 0.2) is 20.8 Å². The highest BCUT2D eigenvalue weighted by molar-refractivity contribution is 7.91. The van der Waals surface area contributed by atoms with Gasteiger partial charge in [-0.2, -0.15) is 5.10 Å². The lowest BCUT2D eigenvalue weighted by molar-refractivity contribution is -0.118. The summed E-state index contributed by atoms with van der Waals surface area (Å²) in [6, 6.07) is 10.1. The van der Waals surface area contributed by atoms with Crippen LogP contribution in [0.1, 0.15) is 23.9 Å². The van der Waals surface area contributed by atoms with E-state index in [1.54, 1.807) is 23.7 Å². The van der Waals surface area contributed by atoms with Crippen molar-refractivity contribution in [3.05, 3.63) is 71.1 Å². The lowest BCUT2D eigenvalue weighted by atomic mass is 10.1. The highest BCUT2D eigenvalue weighted by atomic mass is 32.2. The summed E-state index contributed by atoms with van der Waals surface area (Å²) in [5.41, 5.74) is 2.41. The number of aromatic nitrogens is 3. The molecule has 2 aromatic heterocycles. The number of hydrogen-bond acceptors (Lipinski definition) is 6. The quantitative estimate of drug-likeness (QED) is 0.344. The Hall–Kier alpha value is -3.18. The molecular formula is C24H24F2N4O3S2. The number of carbonyl (C=O) groups excluding carboxylic acids is 1. The maximum absolute atomic E-state index is 14.3. The zero-order valence-electron chi connectivity index (χ0n) is 19.5. The summed E-state index contributed by atoms with van der Waals surface area (Å²) in [6.45, 7) is 5.95. The van der Waals surface area contributed by atoms with Crippen LogP contribution in [-0.4, -0.2) is 41.4 Å². The highest BCUT2D eigenvalue weighted by Gasteiger charge is 2.22. The molecule has 0 fully saturated rings. The summed E-state index contributed by atoms with van der Waals surface area (Å²) in [5, 5.41) is 4.67. The van der Waals surface area contributed by atoms with Gasteiger partial charge in [0.05, 0.1) is 34.0 Å². The minimum atomic E-state index is -3.35. The minimum Gasteiger partial charge on any atom is -0.286 e. The zero-order valence-corrected chi connectivity index (χ0v) is 21.1. The molecule has 0 aliphatic heterocycles. The normalized spacial score (nSPS) is 11.8. The van der Waals surface area contributed by atoms with Gasteiger partial charge in [0.2, 0.25) is 5.91 Å². The number of amides is 1. The second kappa shape index (κ2) is 9.82. The van der Waals surface area contributed by atoms with Gasteiger partial charge >= 0.3 is 0 Å². The molecule has 0 bridgehead atoms.